The van der Waals surface area contributed by atoms with Crippen molar-refractivity contribution in [1.29, 1.82) is 0 Å². The van der Waals surface area contributed by atoms with E-state index in [1.165, 1.54) is 0 Å². The monoisotopic (exact) mass is 364 g/mol. The van der Waals surface area contributed by atoms with Gasteiger partial charge in [-0.25, -0.2) is 0 Å². The Balaban J connectivity index is 0.000000122. The lowest BCUT2D eigenvalue weighted by Crippen LogP contribution is -2.05. The molecule has 0 radical (unpaired) electrons. The molecule has 2 aliphatic rings. The molecule has 28 heavy (non-hydrogen) atoms. The molecule has 0 aromatic heterocycles. The summed E-state index contributed by atoms with van der Waals surface area (Å²) in [6, 6.07) is 21.7. The van der Waals surface area contributed by atoms with Gasteiger partial charge in [-0.15, -0.1) is 0 Å². The van der Waals surface area contributed by atoms with Gasteiger partial charge < -0.3 is 0 Å². The molecule has 0 N–H and O–H groups in total. The summed E-state index contributed by atoms with van der Waals surface area (Å²) in [5, 5.41) is 3.54. The van der Waals surface area contributed by atoms with Gasteiger partial charge in [0, 0.05) is 33.0 Å². The van der Waals surface area contributed by atoms with Crippen LogP contribution in [0, 0.1) is 0 Å². The maximum atomic E-state index is 11.5. The first kappa shape index (κ1) is 16.3. The molecule has 6 rings (SSSR count). The third kappa shape index (κ3) is 2.12. The minimum Gasteiger partial charge on any atom is -0.285 e. The first-order valence-electron chi connectivity index (χ1n) is 8.79. The fourth-order valence-electron chi connectivity index (χ4n) is 3.93. The Morgan fingerprint density at radius 1 is 0.357 bits per heavy atom. The number of benzene rings is 4. The molecule has 2 aliphatic carbocycles. The molecule has 0 atom stereocenters. The van der Waals surface area contributed by atoms with Gasteiger partial charge in [0.2, 0.25) is 23.1 Å². The third-order valence-corrected chi connectivity index (χ3v) is 5.20. The highest BCUT2D eigenvalue weighted by Crippen LogP contribution is 2.31. The maximum absolute atomic E-state index is 11.5. The standard InChI is InChI=1S/2C12H6O2/c2*13-11-8-5-1-3-7-4-2-6-9(10(7)8)12(11)14/h2*1-6H. The van der Waals surface area contributed by atoms with Crippen molar-refractivity contribution in [3.63, 3.8) is 0 Å². The van der Waals surface area contributed by atoms with Gasteiger partial charge in [-0.05, 0) is 10.8 Å². The molecule has 0 unspecified atom stereocenters. The highest BCUT2D eigenvalue weighted by molar-refractivity contribution is 6.57. The summed E-state index contributed by atoms with van der Waals surface area (Å²) >= 11 is 0. The van der Waals surface area contributed by atoms with Gasteiger partial charge in [0.1, 0.15) is 0 Å². The molecule has 0 saturated heterocycles. The smallest absolute Gasteiger partial charge is 0.234 e. The lowest BCUT2D eigenvalue weighted by atomic mass is 10.1. The van der Waals surface area contributed by atoms with Crippen molar-refractivity contribution in [2.24, 2.45) is 0 Å². The number of rotatable bonds is 0. The molecule has 0 saturated carbocycles. The minimum absolute atomic E-state index is 0.378. The Kier molecular flexibility index (Phi) is 3.36. The van der Waals surface area contributed by atoms with Crippen LogP contribution in [0.5, 0.6) is 0 Å². The molecule has 4 aromatic rings. The highest BCUT2D eigenvalue weighted by Gasteiger charge is 2.30. The van der Waals surface area contributed by atoms with Crippen molar-refractivity contribution >= 4 is 44.7 Å². The van der Waals surface area contributed by atoms with Crippen LogP contribution in [0.3, 0.4) is 0 Å². The maximum Gasteiger partial charge on any atom is 0.234 e. The molecule has 132 valence electrons. The van der Waals surface area contributed by atoms with Crippen LogP contribution in [0.25, 0.3) is 21.5 Å². The van der Waals surface area contributed by atoms with Crippen LogP contribution in [0.1, 0.15) is 41.4 Å². The summed E-state index contributed by atoms with van der Waals surface area (Å²) in [6.07, 6.45) is 0. The summed E-state index contributed by atoms with van der Waals surface area (Å²) in [5.74, 6) is -1.51. The number of Topliss-reactive ketones (excluding diaryl/α,β-unsaturated/α-hetero) is 4. The molecule has 0 amide bonds. The number of hydrogen-bond acceptors (Lipinski definition) is 4. The van der Waals surface area contributed by atoms with Crippen LogP contribution < -0.4 is 0 Å². The average Bonchev–Trinajstić information content (AvgIpc) is 3.13. The van der Waals surface area contributed by atoms with Gasteiger partial charge in [-0.2, -0.15) is 0 Å². The summed E-state index contributed by atoms with van der Waals surface area (Å²) in [5.41, 5.74) is 2.18. The van der Waals surface area contributed by atoms with E-state index in [0.717, 1.165) is 21.5 Å². The SMILES string of the molecule is O=C1C(=O)c2cccc3cccc1c23.O=C1C(=O)c2cccc3cccc1c23. The summed E-state index contributed by atoms with van der Waals surface area (Å²) in [6.45, 7) is 0. The zero-order valence-electron chi connectivity index (χ0n) is 14.6. The van der Waals surface area contributed by atoms with Crippen molar-refractivity contribution in [3.8, 4) is 0 Å². The Morgan fingerprint density at radius 3 is 0.857 bits per heavy atom. The zero-order chi connectivity index (χ0) is 19.4. The zero-order valence-corrected chi connectivity index (χ0v) is 14.6. The fraction of sp³-hybridized carbons (Fsp3) is 0. The van der Waals surface area contributed by atoms with Gasteiger partial charge in [0.15, 0.2) is 0 Å². The van der Waals surface area contributed by atoms with E-state index in [4.69, 9.17) is 0 Å². The second-order valence-electron chi connectivity index (χ2n) is 6.74. The fourth-order valence-corrected chi connectivity index (χ4v) is 3.93. The molecular weight excluding hydrogens is 352 g/mol. The first-order chi connectivity index (χ1) is 13.6. The van der Waals surface area contributed by atoms with E-state index in [-0.39, 0.29) is 23.1 Å². The van der Waals surface area contributed by atoms with E-state index >= 15 is 0 Å². The van der Waals surface area contributed by atoms with Crippen LogP contribution in [-0.2, 0) is 0 Å². The molecule has 0 heterocycles. The number of ketones is 4. The van der Waals surface area contributed by atoms with E-state index in [9.17, 15) is 19.2 Å². The number of hydrogen-bond donors (Lipinski definition) is 0. The topological polar surface area (TPSA) is 68.3 Å². The van der Waals surface area contributed by atoms with Crippen LogP contribution >= 0.6 is 0 Å². The predicted octanol–water partition coefficient (Wildman–Crippen LogP) is 4.44. The van der Waals surface area contributed by atoms with Crippen LogP contribution in [0.15, 0.2) is 72.8 Å². The van der Waals surface area contributed by atoms with Crippen molar-refractivity contribution < 1.29 is 19.2 Å². The van der Waals surface area contributed by atoms with Crippen molar-refractivity contribution in [3.05, 3.63) is 95.1 Å². The van der Waals surface area contributed by atoms with Crippen LogP contribution in [0.2, 0.25) is 0 Å². The Morgan fingerprint density at radius 2 is 0.607 bits per heavy atom. The highest BCUT2D eigenvalue weighted by atomic mass is 16.2. The molecule has 0 spiro atoms. The largest absolute Gasteiger partial charge is 0.285 e. The van der Waals surface area contributed by atoms with Crippen molar-refractivity contribution in [1.82, 2.24) is 0 Å². The summed E-state index contributed by atoms with van der Waals surface area (Å²) in [4.78, 5) is 46.1. The Labute approximate surface area is 159 Å². The van der Waals surface area contributed by atoms with Crippen molar-refractivity contribution in [2.45, 2.75) is 0 Å². The van der Waals surface area contributed by atoms with Crippen LogP contribution in [-0.4, -0.2) is 23.1 Å². The van der Waals surface area contributed by atoms with Crippen molar-refractivity contribution in [2.75, 3.05) is 0 Å². The summed E-state index contributed by atoms with van der Waals surface area (Å²) < 4.78 is 0. The third-order valence-electron chi connectivity index (χ3n) is 5.20. The molecule has 0 aliphatic heterocycles. The Hall–Kier alpha value is -3.92. The summed E-state index contributed by atoms with van der Waals surface area (Å²) in [7, 11) is 0. The van der Waals surface area contributed by atoms with Gasteiger partial charge in [-0.1, -0.05) is 72.8 Å². The molecular formula is C24H12O4. The van der Waals surface area contributed by atoms with E-state index in [2.05, 4.69) is 0 Å². The number of carbonyl (C=O) groups is 4. The number of carbonyl (C=O) groups excluding carboxylic acids is 4. The van der Waals surface area contributed by atoms with Gasteiger partial charge >= 0.3 is 0 Å². The second-order valence-corrected chi connectivity index (χ2v) is 6.74. The predicted molar refractivity (Wildman–Crippen MR) is 105 cm³/mol. The second kappa shape index (κ2) is 5.79. The van der Waals surface area contributed by atoms with Gasteiger partial charge in [0.05, 0.1) is 0 Å². The quantitative estimate of drug-likeness (QED) is 0.433. The van der Waals surface area contributed by atoms with E-state index < -0.39 is 0 Å². The molecule has 4 heteroatoms. The molecule has 4 aromatic carbocycles. The van der Waals surface area contributed by atoms with E-state index in [1.807, 2.05) is 24.3 Å². The van der Waals surface area contributed by atoms with Crippen LogP contribution in [0.4, 0.5) is 0 Å². The molecule has 4 nitrogen and oxygen atoms in total. The molecule has 0 fully saturated rings. The lowest BCUT2D eigenvalue weighted by molar-refractivity contribution is 0.0825. The molecule has 0 bridgehead atoms. The average molecular weight is 364 g/mol. The lowest BCUT2D eigenvalue weighted by Gasteiger charge is -1.97. The van der Waals surface area contributed by atoms with Gasteiger partial charge in [0.25, 0.3) is 0 Å². The van der Waals surface area contributed by atoms with E-state index in [1.54, 1.807) is 48.5 Å². The van der Waals surface area contributed by atoms with Gasteiger partial charge in [-0.3, -0.25) is 19.2 Å². The minimum atomic E-state index is -0.378. The first-order valence-corrected chi connectivity index (χ1v) is 8.79. The normalized spacial score (nSPS) is 14.0. The Bertz CT molecular complexity index is 1170. The van der Waals surface area contributed by atoms with E-state index in [0.29, 0.717) is 22.3 Å².